The van der Waals surface area contributed by atoms with Crippen molar-refractivity contribution in [2.24, 2.45) is 0 Å². The molecule has 1 amide bonds. The predicted molar refractivity (Wildman–Crippen MR) is 93.7 cm³/mol. The number of carbonyl (C=O) groups excluding carboxylic acids is 1. The lowest BCUT2D eigenvalue weighted by Gasteiger charge is -2.13. The lowest BCUT2D eigenvalue weighted by Crippen LogP contribution is -2.24. The van der Waals surface area contributed by atoms with Gasteiger partial charge in [0.2, 0.25) is 5.91 Å². The van der Waals surface area contributed by atoms with Crippen molar-refractivity contribution in [3.8, 4) is 0 Å². The molecular formula is C16H22BrN5O. The van der Waals surface area contributed by atoms with Crippen LogP contribution < -0.4 is 0 Å². The van der Waals surface area contributed by atoms with E-state index in [0.29, 0.717) is 6.54 Å². The van der Waals surface area contributed by atoms with Gasteiger partial charge in [-0.2, -0.15) is 10.2 Å². The third-order valence-corrected chi connectivity index (χ3v) is 4.38. The highest BCUT2D eigenvalue weighted by atomic mass is 79.9. The molecule has 0 spiro atoms. The highest BCUT2D eigenvalue weighted by Crippen LogP contribution is 2.17. The molecule has 6 nitrogen and oxygen atoms in total. The van der Waals surface area contributed by atoms with Crippen LogP contribution in [0.4, 0.5) is 0 Å². The van der Waals surface area contributed by atoms with E-state index in [9.17, 15) is 4.79 Å². The Labute approximate surface area is 144 Å². The summed E-state index contributed by atoms with van der Waals surface area (Å²) in [6, 6.07) is 0. The van der Waals surface area contributed by atoms with Gasteiger partial charge in [0.1, 0.15) is 0 Å². The molecule has 2 aromatic heterocycles. The van der Waals surface area contributed by atoms with Crippen LogP contribution in [0.3, 0.4) is 0 Å². The Balaban J connectivity index is 2.03. The van der Waals surface area contributed by atoms with Crippen LogP contribution in [-0.4, -0.2) is 37.4 Å². The Hall–Kier alpha value is -1.89. The van der Waals surface area contributed by atoms with E-state index in [0.717, 1.165) is 34.5 Å². The molecule has 23 heavy (non-hydrogen) atoms. The van der Waals surface area contributed by atoms with Gasteiger partial charge >= 0.3 is 0 Å². The van der Waals surface area contributed by atoms with Crippen molar-refractivity contribution in [3.63, 3.8) is 0 Å². The minimum atomic E-state index is -0.0633. The molecule has 0 N–H and O–H groups in total. The first kappa shape index (κ1) is 17.5. The average Bonchev–Trinajstić information content (AvgIpc) is 3.07. The zero-order chi connectivity index (χ0) is 17.0. The highest BCUT2D eigenvalue weighted by molar-refractivity contribution is 9.10. The molecule has 7 heteroatoms. The molecule has 0 aliphatic heterocycles. The van der Waals surface area contributed by atoms with Crippen LogP contribution >= 0.6 is 15.9 Å². The van der Waals surface area contributed by atoms with Crippen molar-refractivity contribution < 1.29 is 4.79 Å². The van der Waals surface area contributed by atoms with Crippen molar-refractivity contribution in [2.45, 2.75) is 40.4 Å². The lowest BCUT2D eigenvalue weighted by atomic mass is 10.2. The fourth-order valence-electron chi connectivity index (χ4n) is 2.24. The van der Waals surface area contributed by atoms with Crippen LogP contribution in [0.15, 0.2) is 22.9 Å². The van der Waals surface area contributed by atoms with Crippen molar-refractivity contribution in [1.82, 2.24) is 24.5 Å². The van der Waals surface area contributed by atoms with Gasteiger partial charge in [-0.25, -0.2) is 0 Å². The Morgan fingerprint density at radius 3 is 2.70 bits per heavy atom. The summed E-state index contributed by atoms with van der Waals surface area (Å²) in [7, 11) is 1.77. The summed E-state index contributed by atoms with van der Waals surface area (Å²) in [5, 5.41) is 8.71. The summed E-state index contributed by atoms with van der Waals surface area (Å²) in [6.07, 6.45) is 7.09. The SMILES string of the molecule is CCn1cc(Br)c(CN(C)C(=O)/C=C/c2cnn(CC)c2C)n1. The van der Waals surface area contributed by atoms with Gasteiger partial charge in [0, 0.05) is 43.7 Å². The van der Waals surface area contributed by atoms with Gasteiger partial charge in [-0.15, -0.1) is 0 Å². The third kappa shape index (κ3) is 4.10. The number of aromatic nitrogens is 4. The number of nitrogens with zero attached hydrogens (tertiary/aromatic N) is 5. The van der Waals surface area contributed by atoms with E-state index < -0.39 is 0 Å². The number of hydrogen-bond donors (Lipinski definition) is 0. The van der Waals surface area contributed by atoms with E-state index in [4.69, 9.17) is 0 Å². The van der Waals surface area contributed by atoms with Gasteiger partial charge in [-0.1, -0.05) is 0 Å². The summed E-state index contributed by atoms with van der Waals surface area (Å²) in [5.74, 6) is -0.0633. The lowest BCUT2D eigenvalue weighted by molar-refractivity contribution is -0.125. The molecule has 0 aromatic carbocycles. The monoisotopic (exact) mass is 379 g/mol. The largest absolute Gasteiger partial charge is 0.336 e. The van der Waals surface area contributed by atoms with Gasteiger partial charge in [-0.05, 0) is 42.8 Å². The Morgan fingerprint density at radius 1 is 1.39 bits per heavy atom. The molecule has 2 aromatic rings. The van der Waals surface area contributed by atoms with Gasteiger partial charge < -0.3 is 4.90 Å². The third-order valence-electron chi connectivity index (χ3n) is 3.72. The molecule has 0 unspecified atom stereocenters. The molecule has 0 atom stereocenters. The first-order valence-electron chi connectivity index (χ1n) is 7.63. The number of hydrogen-bond acceptors (Lipinski definition) is 3. The summed E-state index contributed by atoms with van der Waals surface area (Å²) >= 11 is 3.48. The number of halogens is 1. The molecular weight excluding hydrogens is 358 g/mol. The molecule has 2 heterocycles. The molecule has 124 valence electrons. The van der Waals surface area contributed by atoms with Crippen LogP contribution in [0.2, 0.25) is 0 Å². The number of rotatable bonds is 6. The van der Waals surface area contributed by atoms with Crippen LogP contribution in [0.25, 0.3) is 6.08 Å². The van der Waals surface area contributed by atoms with E-state index in [2.05, 4.69) is 26.1 Å². The van der Waals surface area contributed by atoms with Crippen molar-refractivity contribution in [1.29, 1.82) is 0 Å². The molecule has 2 rings (SSSR count). The summed E-state index contributed by atoms with van der Waals surface area (Å²) in [4.78, 5) is 13.9. The zero-order valence-corrected chi connectivity index (χ0v) is 15.5. The second-order valence-corrected chi connectivity index (χ2v) is 6.16. The van der Waals surface area contributed by atoms with Crippen molar-refractivity contribution in [3.05, 3.63) is 39.9 Å². The van der Waals surface area contributed by atoms with Crippen molar-refractivity contribution in [2.75, 3.05) is 7.05 Å². The Bertz CT molecular complexity index is 716. The van der Waals surface area contributed by atoms with Crippen LogP contribution in [0.5, 0.6) is 0 Å². The van der Waals surface area contributed by atoms with E-state index in [1.54, 1.807) is 24.2 Å². The van der Waals surface area contributed by atoms with Gasteiger partial charge in [-0.3, -0.25) is 14.2 Å². The molecule has 0 bridgehead atoms. The van der Waals surface area contributed by atoms with E-state index >= 15 is 0 Å². The zero-order valence-electron chi connectivity index (χ0n) is 14.0. The highest BCUT2D eigenvalue weighted by Gasteiger charge is 2.12. The van der Waals surface area contributed by atoms with E-state index in [1.165, 1.54) is 0 Å². The van der Waals surface area contributed by atoms with Gasteiger partial charge in [0.05, 0.1) is 22.9 Å². The van der Waals surface area contributed by atoms with Gasteiger partial charge in [0.25, 0.3) is 0 Å². The quantitative estimate of drug-likeness (QED) is 0.725. The van der Waals surface area contributed by atoms with Gasteiger partial charge in [0.15, 0.2) is 0 Å². The van der Waals surface area contributed by atoms with E-state index in [-0.39, 0.29) is 5.91 Å². The number of carbonyl (C=O) groups is 1. The topological polar surface area (TPSA) is 56.0 Å². The van der Waals surface area contributed by atoms with Crippen LogP contribution in [-0.2, 0) is 24.4 Å². The van der Waals surface area contributed by atoms with Crippen molar-refractivity contribution >= 4 is 27.9 Å². The number of likely N-dealkylation sites (N-methyl/N-ethyl adjacent to an activating group) is 1. The Kier molecular flexibility index (Phi) is 5.76. The number of aryl methyl sites for hydroxylation is 2. The van der Waals surface area contributed by atoms with E-state index in [1.807, 2.05) is 42.4 Å². The fraction of sp³-hybridized carbons (Fsp3) is 0.438. The maximum absolute atomic E-state index is 12.3. The van der Waals surface area contributed by atoms with Crippen LogP contribution in [0, 0.1) is 6.92 Å². The molecule has 0 saturated carbocycles. The molecule has 0 fully saturated rings. The molecule has 0 aliphatic rings. The van der Waals surface area contributed by atoms with Crippen LogP contribution in [0.1, 0.15) is 30.8 Å². The summed E-state index contributed by atoms with van der Waals surface area (Å²) < 4.78 is 4.67. The molecule has 0 saturated heterocycles. The minimum absolute atomic E-state index is 0.0633. The number of amides is 1. The smallest absolute Gasteiger partial charge is 0.246 e. The minimum Gasteiger partial charge on any atom is -0.336 e. The average molecular weight is 380 g/mol. The maximum Gasteiger partial charge on any atom is 0.246 e. The second kappa shape index (κ2) is 7.59. The maximum atomic E-state index is 12.3. The molecule has 0 radical (unpaired) electrons. The molecule has 0 aliphatic carbocycles. The summed E-state index contributed by atoms with van der Waals surface area (Å²) in [6.45, 7) is 8.15. The standard InChI is InChI=1S/C16H22BrN5O/c1-5-21-10-14(17)15(19-21)11-20(4)16(23)8-7-13-9-18-22(6-2)12(13)3/h7-10H,5-6,11H2,1-4H3/b8-7+. The fourth-order valence-corrected chi connectivity index (χ4v) is 2.68. The summed E-state index contributed by atoms with van der Waals surface area (Å²) in [5.41, 5.74) is 2.87. The normalized spacial score (nSPS) is 11.3. The Morgan fingerprint density at radius 2 is 2.13 bits per heavy atom. The second-order valence-electron chi connectivity index (χ2n) is 5.31. The first-order chi connectivity index (χ1) is 11.0. The predicted octanol–water partition coefficient (Wildman–Crippen LogP) is 2.86. The first-order valence-corrected chi connectivity index (χ1v) is 8.43.